The van der Waals surface area contributed by atoms with E-state index < -0.39 is 0 Å². The minimum absolute atomic E-state index is 0.0777. The largest absolute Gasteiger partial charge is 0.489 e. The summed E-state index contributed by atoms with van der Waals surface area (Å²) in [5.74, 6) is 1.36. The zero-order valence-electron chi connectivity index (χ0n) is 17.9. The summed E-state index contributed by atoms with van der Waals surface area (Å²) in [6, 6.07) is 19.5. The molecule has 0 bridgehead atoms. The molecule has 0 atom stereocenters. The predicted octanol–water partition coefficient (Wildman–Crippen LogP) is 5.44. The molecule has 5 heteroatoms. The van der Waals surface area contributed by atoms with Gasteiger partial charge in [-0.1, -0.05) is 56.3 Å². The van der Waals surface area contributed by atoms with Crippen molar-refractivity contribution >= 4 is 27.4 Å². The quantitative estimate of drug-likeness (QED) is 0.373. The zero-order valence-corrected chi connectivity index (χ0v) is 17.9. The molecule has 0 fully saturated rings. The standard InChI is InChI=1S/C26H27NO4/c1-17(2)24-15-23(29)26-22(27-11-6-12-28)13-20(14-25(26)31-24)30-16-19-9-5-8-18-7-3-4-10-21(18)19/h3-5,7-10,13-15,17,27-28H,6,11-12,16H2,1-2H3. The van der Waals surface area contributed by atoms with Crippen molar-refractivity contribution in [2.45, 2.75) is 32.8 Å². The van der Waals surface area contributed by atoms with Crippen LogP contribution < -0.4 is 15.5 Å². The molecule has 0 aliphatic rings. The zero-order chi connectivity index (χ0) is 21.8. The molecular formula is C26H27NO4. The summed E-state index contributed by atoms with van der Waals surface area (Å²) in [4.78, 5) is 12.8. The fourth-order valence-electron chi connectivity index (χ4n) is 3.67. The molecule has 0 amide bonds. The van der Waals surface area contributed by atoms with Crippen LogP contribution in [0.2, 0.25) is 0 Å². The van der Waals surface area contributed by atoms with Crippen molar-refractivity contribution in [3.8, 4) is 5.75 Å². The molecule has 31 heavy (non-hydrogen) atoms. The highest BCUT2D eigenvalue weighted by molar-refractivity contribution is 5.91. The van der Waals surface area contributed by atoms with E-state index in [9.17, 15) is 4.79 Å². The van der Waals surface area contributed by atoms with Gasteiger partial charge in [-0.15, -0.1) is 0 Å². The maximum Gasteiger partial charge on any atom is 0.195 e. The molecule has 0 spiro atoms. The van der Waals surface area contributed by atoms with E-state index in [4.69, 9.17) is 14.3 Å². The first kappa shape index (κ1) is 20.9. The van der Waals surface area contributed by atoms with Crippen molar-refractivity contribution < 1.29 is 14.3 Å². The van der Waals surface area contributed by atoms with Gasteiger partial charge < -0.3 is 19.6 Å². The third-order valence-electron chi connectivity index (χ3n) is 5.32. The number of aliphatic hydroxyl groups is 1. The van der Waals surface area contributed by atoms with Gasteiger partial charge >= 0.3 is 0 Å². The Hall–Kier alpha value is -3.31. The minimum atomic E-state index is -0.0861. The van der Waals surface area contributed by atoms with Crippen LogP contribution in [0.4, 0.5) is 5.69 Å². The maximum absolute atomic E-state index is 12.8. The third-order valence-corrected chi connectivity index (χ3v) is 5.32. The highest BCUT2D eigenvalue weighted by Crippen LogP contribution is 2.30. The van der Waals surface area contributed by atoms with Crippen LogP contribution in [0.5, 0.6) is 5.75 Å². The Balaban J connectivity index is 1.71. The molecule has 5 nitrogen and oxygen atoms in total. The number of benzene rings is 3. The lowest BCUT2D eigenvalue weighted by atomic mass is 10.1. The van der Waals surface area contributed by atoms with Crippen LogP contribution in [0, 0.1) is 0 Å². The molecular weight excluding hydrogens is 390 g/mol. The molecule has 3 aromatic carbocycles. The van der Waals surface area contributed by atoms with E-state index in [1.165, 1.54) is 5.39 Å². The first-order valence-electron chi connectivity index (χ1n) is 10.6. The molecule has 0 radical (unpaired) electrons. The van der Waals surface area contributed by atoms with E-state index in [2.05, 4.69) is 29.6 Å². The third kappa shape index (κ3) is 4.57. The van der Waals surface area contributed by atoms with Crippen LogP contribution in [-0.4, -0.2) is 18.3 Å². The van der Waals surface area contributed by atoms with Crippen LogP contribution in [0.1, 0.15) is 37.5 Å². The summed E-state index contributed by atoms with van der Waals surface area (Å²) < 4.78 is 12.2. The Kier molecular flexibility index (Phi) is 6.23. The number of hydrogen-bond acceptors (Lipinski definition) is 5. The Bertz CT molecular complexity index is 1250. The fraction of sp³-hybridized carbons (Fsp3) is 0.269. The predicted molar refractivity (Wildman–Crippen MR) is 125 cm³/mol. The summed E-state index contributed by atoms with van der Waals surface area (Å²) in [6.07, 6.45) is 0.581. The average molecular weight is 418 g/mol. The topological polar surface area (TPSA) is 71.7 Å². The van der Waals surface area contributed by atoms with Crippen molar-refractivity contribution in [1.82, 2.24) is 0 Å². The Morgan fingerprint density at radius 3 is 2.68 bits per heavy atom. The first-order chi connectivity index (χ1) is 15.1. The highest BCUT2D eigenvalue weighted by atomic mass is 16.5. The lowest BCUT2D eigenvalue weighted by Crippen LogP contribution is -2.10. The number of fused-ring (bicyclic) bond motifs is 2. The van der Waals surface area contributed by atoms with Gasteiger partial charge in [-0.3, -0.25) is 4.79 Å². The second kappa shape index (κ2) is 9.23. The number of nitrogens with one attached hydrogen (secondary N) is 1. The molecule has 2 N–H and O–H groups in total. The molecule has 0 aliphatic carbocycles. The molecule has 4 aromatic rings. The van der Waals surface area contributed by atoms with Gasteiger partial charge in [0.1, 0.15) is 23.7 Å². The number of aliphatic hydroxyl groups excluding tert-OH is 1. The summed E-state index contributed by atoms with van der Waals surface area (Å²) in [6.45, 7) is 5.01. The average Bonchev–Trinajstić information content (AvgIpc) is 2.77. The van der Waals surface area contributed by atoms with E-state index in [0.29, 0.717) is 47.7 Å². The molecule has 1 aromatic heterocycles. The summed E-state index contributed by atoms with van der Waals surface area (Å²) in [5, 5.41) is 15.2. The molecule has 0 saturated carbocycles. The van der Waals surface area contributed by atoms with Gasteiger partial charge in [0, 0.05) is 37.3 Å². The molecule has 0 aliphatic heterocycles. The van der Waals surface area contributed by atoms with E-state index in [-0.39, 0.29) is 18.0 Å². The van der Waals surface area contributed by atoms with Crippen LogP contribution >= 0.6 is 0 Å². The van der Waals surface area contributed by atoms with Gasteiger partial charge in [-0.25, -0.2) is 0 Å². The lowest BCUT2D eigenvalue weighted by Gasteiger charge is -2.14. The van der Waals surface area contributed by atoms with Gasteiger partial charge in [-0.05, 0) is 22.8 Å². The van der Waals surface area contributed by atoms with Crippen LogP contribution in [0.25, 0.3) is 21.7 Å². The Morgan fingerprint density at radius 1 is 1.06 bits per heavy atom. The van der Waals surface area contributed by atoms with E-state index >= 15 is 0 Å². The summed E-state index contributed by atoms with van der Waals surface area (Å²) in [5.41, 5.74) is 2.16. The summed E-state index contributed by atoms with van der Waals surface area (Å²) in [7, 11) is 0. The SMILES string of the molecule is CC(C)c1cc(=O)c2c(NCCCO)cc(OCc3cccc4ccccc34)cc2o1. The fourth-order valence-corrected chi connectivity index (χ4v) is 3.67. The second-order valence-corrected chi connectivity index (χ2v) is 7.94. The second-order valence-electron chi connectivity index (χ2n) is 7.94. The molecule has 1 heterocycles. The van der Waals surface area contributed by atoms with Crippen molar-refractivity contribution in [1.29, 1.82) is 0 Å². The van der Waals surface area contributed by atoms with Crippen molar-refractivity contribution in [2.24, 2.45) is 0 Å². The van der Waals surface area contributed by atoms with E-state index in [1.807, 2.05) is 38.1 Å². The smallest absolute Gasteiger partial charge is 0.195 e. The van der Waals surface area contributed by atoms with Gasteiger partial charge in [0.15, 0.2) is 5.43 Å². The van der Waals surface area contributed by atoms with Crippen LogP contribution in [0.15, 0.2) is 69.9 Å². The summed E-state index contributed by atoms with van der Waals surface area (Å²) >= 11 is 0. The monoisotopic (exact) mass is 417 g/mol. The first-order valence-corrected chi connectivity index (χ1v) is 10.6. The van der Waals surface area contributed by atoms with Crippen LogP contribution in [0.3, 0.4) is 0 Å². The molecule has 0 unspecified atom stereocenters. The van der Waals surface area contributed by atoms with Gasteiger partial charge in [0.25, 0.3) is 0 Å². The molecule has 4 rings (SSSR count). The van der Waals surface area contributed by atoms with E-state index in [0.717, 1.165) is 10.9 Å². The maximum atomic E-state index is 12.8. The Labute approximate surface area is 181 Å². The van der Waals surface area contributed by atoms with Crippen molar-refractivity contribution in [3.63, 3.8) is 0 Å². The minimum Gasteiger partial charge on any atom is -0.489 e. The number of ether oxygens (including phenoxy) is 1. The normalized spacial score (nSPS) is 11.4. The number of rotatable bonds is 8. The lowest BCUT2D eigenvalue weighted by molar-refractivity contribution is 0.292. The molecule has 0 saturated heterocycles. The van der Waals surface area contributed by atoms with E-state index in [1.54, 1.807) is 12.1 Å². The highest BCUT2D eigenvalue weighted by Gasteiger charge is 2.14. The van der Waals surface area contributed by atoms with Gasteiger partial charge in [-0.2, -0.15) is 0 Å². The van der Waals surface area contributed by atoms with Gasteiger partial charge in [0.05, 0.1) is 11.1 Å². The van der Waals surface area contributed by atoms with Gasteiger partial charge in [0.2, 0.25) is 0 Å². The molecule has 160 valence electrons. The van der Waals surface area contributed by atoms with Crippen molar-refractivity contribution in [2.75, 3.05) is 18.5 Å². The van der Waals surface area contributed by atoms with Crippen LogP contribution in [-0.2, 0) is 6.61 Å². The Morgan fingerprint density at radius 2 is 1.87 bits per heavy atom. The number of hydrogen-bond donors (Lipinski definition) is 2. The van der Waals surface area contributed by atoms with Crippen molar-refractivity contribution in [3.05, 3.63) is 82.2 Å². The number of anilines is 1.